The van der Waals surface area contributed by atoms with Crippen molar-refractivity contribution in [2.24, 2.45) is 5.41 Å². The third-order valence-electron chi connectivity index (χ3n) is 3.89. The molecule has 0 atom stereocenters. The number of hydrogen-bond donors (Lipinski definition) is 1. The zero-order valence-electron chi connectivity index (χ0n) is 10.4. The van der Waals surface area contributed by atoms with Crippen molar-refractivity contribution in [2.75, 3.05) is 13.1 Å². The van der Waals surface area contributed by atoms with Gasteiger partial charge in [0.05, 0.1) is 5.56 Å². The van der Waals surface area contributed by atoms with Crippen LogP contribution in [0.15, 0.2) is 18.2 Å². The summed E-state index contributed by atoms with van der Waals surface area (Å²) in [6, 6.07) is 4.28. The SMILES string of the molecule is CCC1(C(=O)c2ccc(Cl)cc2F)CCNCC1. The number of nitrogens with one attached hydrogen (secondary N) is 1. The number of benzene rings is 1. The molecular formula is C14H17ClFNO. The Kier molecular flexibility index (Phi) is 4.03. The van der Waals surface area contributed by atoms with E-state index in [2.05, 4.69) is 5.32 Å². The summed E-state index contributed by atoms with van der Waals surface area (Å²) in [6.07, 6.45) is 2.28. The Labute approximate surface area is 112 Å². The first kappa shape index (κ1) is 13.5. The highest BCUT2D eigenvalue weighted by Crippen LogP contribution is 2.37. The number of ketones is 1. The highest BCUT2D eigenvalue weighted by molar-refractivity contribution is 6.30. The summed E-state index contributed by atoms with van der Waals surface area (Å²) in [7, 11) is 0. The summed E-state index contributed by atoms with van der Waals surface area (Å²) in [5.74, 6) is -0.598. The topological polar surface area (TPSA) is 29.1 Å². The average Bonchev–Trinajstić information content (AvgIpc) is 2.39. The molecule has 1 aromatic carbocycles. The molecule has 2 nitrogen and oxygen atoms in total. The molecule has 0 aliphatic carbocycles. The third kappa shape index (κ3) is 2.43. The van der Waals surface area contributed by atoms with Crippen molar-refractivity contribution in [3.05, 3.63) is 34.6 Å². The predicted molar refractivity (Wildman–Crippen MR) is 70.6 cm³/mol. The van der Waals surface area contributed by atoms with Crippen molar-refractivity contribution >= 4 is 17.4 Å². The van der Waals surface area contributed by atoms with E-state index in [1.54, 1.807) is 6.07 Å². The Hall–Kier alpha value is -0.930. The van der Waals surface area contributed by atoms with Crippen LogP contribution in [0.25, 0.3) is 0 Å². The van der Waals surface area contributed by atoms with Crippen molar-refractivity contribution in [2.45, 2.75) is 26.2 Å². The van der Waals surface area contributed by atoms with Gasteiger partial charge in [-0.25, -0.2) is 4.39 Å². The van der Waals surface area contributed by atoms with Gasteiger partial charge in [0, 0.05) is 10.4 Å². The Morgan fingerprint density at radius 1 is 1.44 bits per heavy atom. The van der Waals surface area contributed by atoms with Gasteiger partial charge < -0.3 is 5.32 Å². The molecule has 0 aromatic heterocycles. The molecule has 0 unspecified atom stereocenters. The van der Waals surface area contributed by atoms with Gasteiger partial charge in [-0.15, -0.1) is 0 Å². The second-order valence-corrected chi connectivity index (χ2v) is 5.27. The number of hydrogen-bond acceptors (Lipinski definition) is 2. The molecule has 1 aliphatic rings. The van der Waals surface area contributed by atoms with E-state index in [1.807, 2.05) is 6.92 Å². The van der Waals surface area contributed by atoms with E-state index in [0.29, 0.717) is 5.02 Å². The van der Waals surface area contributed by atoms with Gasteiger partial charge in [0.15, 0.2) is 5.78 Å². The molecule has 0 spiro atoms. The van der Waals surface area contributed by atoms with Crippen molar-refractivity contribution < 1.29 is 9.18 Å². The predicted octanol–water partition coefficient (Wildman–Crippen LogP) is 3.44. The van der Waals surface area contributed by atoms with E-state index in [9.17, 15) is 9.18 Å². The molecule has 2 rings (SSSR count). The molecule has 18 heavy (non-hydrogen) atoms. The van der Waals surface area contributed by atoms with Gasteiger partial charge in [-0.05, 0) is 50.6 Å². The van der Waals surface area contributed by atoms with E-state index in [1.165, 1.54) is 12.1 Å². The standard InChI is InChI=1S/C14H17ClFNO/c1-2-14(5-7-17-8-6-14)13(18)11-4-3-10(15)9-12(11)16/h3-4,9,17H,2,5-8H2,1H3. The van der Waals surface area contributed by atoms with Crippen LogP contribution in [0.3, 0.4) is 0 Å². The number of rotatable bonds is 3. The summed E-state index contributed by atoms with van der Waals surface area (Å²) in [4.78, 5) is 12.6. The molecule has 1 fully saturated rings. The monoisotopic (exact) mass is 269 g/mol. The molecule has 1 aliphatic heterocycles. The third-order valence-corrected chi connectivity index (χ3v) is 4.13. The lowest BCUT2D eigenvalue weighted by molar-refractivity contribution is 0.0713. The molecule has 4 heteroatoms. The van der Waals surface area contributed by atoms with Gasteiger partial charge in [0.2, 0.25) is 0 Å². The number of Topliss-reactive ketones (excluding diaryl/α,β-unsaturated/α-hetero) is 1. The first-order chi connectivity index (χ1) is 8.59. The molecule has 1 heterocycles. The van der Waals surface area contributed by atoms with Crippen molar-refractivity contribution in [3.63, 3.8) is 0 Å². The molecule has 1 aromatic rings. The zero-order valence-corrected chi connectivity index (χ0v) is 11.2. The molecule has 1 saturated heterocycles. The van der Waals surface area contributed by atoms with Crippen LogP contribution < -0.4 is 5.32 Å². The van der Waals surface area contributed by atoms with Crippen LogP contribution in [-0.4, -0.2) is 18.9 Å². The maximum atomic E-state index is 13.8. The van der Waals surface area contributed by atoms with Crippen molar-refractivity contribution in [1.29, 1.82) is 0 Å². The first-order valence-electron chi connectivity index (χ1n) is 6.29. The first-order valence-corrected chi connectivity index (χ1v) is 6.67. The van der Waals surface area contributed by atoms with Gasteiger partial charge >= 0.3 is 0 Å². The normalized spacial score (nSPS) is 18.6. The minimum Gasteiger partial charge on any atom is -0.317 e. The van der Waals surface area contributed by atoms with Crippen LogP contribution in [0.5, 0.6) is 0 Å². The quantitative estimate of drug-likeness (QED) is 0.852. The second-order valence-electron chi connectivity index (χ2n) is 4.84. The minimum atomic E-state index is -0.515. The summed E-state index contributed by atoms with van der Waals surface area (Å²) in [5.41, 5.74) is -0.247. The smallest absolute Gasteiger partial charge is 0.172 e. The Balaban J connectivity index is 2.33. The van der Waals surface area contributed by atoms with Crippen LogP contribution in [0.1, 0.15) is 36.5 Å². The number of carbonyl (C=O) groups is 1. The van der Waals surface area contributed by atoms with Gasteiger partial charge in [-0.3, -0.25) is 4.79 Å². The van der Waals surface area contributed by atoms with Crippen molar-refractivity contribution in [3.8, 4) is 0 Å². The molecule has 0 radical (unpaired) electrons. The fourth-order valence-electron chi connectivity index (χ4n) is 2.61. The van der Waals surface area contributed by atoms with E-state index in [-0.39, 0.29) is 11.3 Å². The summed E-state index contributed by atoms with van der Waals surface area (Å²) >= 11 is 5.71. The summed E-state index contributed by atoms with van der Waals surface area (Å²) in [6.45, 7) is 3.63. The van der Waals surface area contributed by atoms with Gasteiger partial charge in [0.25, 0.3) is 0 Å². The lowest BCUT2D eigenvalue weighted by atomic mass is 9.71. The fraction of sp³-hybridized carbons (Fsp3) is 0.500. The minimum absolute atomic E-state index is 0.0827. The molecule has 0 bridgehead atoms. The Morgan fingerprint density at radius 2 is 2.11 bits per heavy atom. The largest absolute Gasteiger partial charge is 0.317 e. The number of halogens is 2. The number of piperidine rings is 1. The zero-order chi connectivity index (χ0) is 13.2. The molecule has 0 saturated carbocycles. The molecule has 1 N–H and O–H groups in total. The lowest BCUT2D eigenvalue weighted by Gasteiger charge is -2.35. The molecule has 98 valence electrons. The van der Waals surface area contributed by atoms with Gasteiger partial charge in [-0.1, -0.05) is 18.5 Å². The Bertz CT molecular complexity index is 455. The van der Waals surface area contributed by atoms with Crippen molar-refractivity contribution in [1.82, 2.24) is 5.32 Å². The summed E-state index contributed by atoms with van der Waals surface area (Å²) < 4.78 is 13.8. The molecule has 0 amide bonds. The highest BCUT2D eigenvalue weighted by atomic mass is 35.5. The van der Waals surface area contributed by atoms with E-state index in [0.717, 1.165) is 32.4 Å². The second kappa shape index (κ2) is 5.37. The van der Waals surface area contributed by atoms with Crippen LogP contribution in [0, 0.1) is 11.2 Å². The Morgan fingerprint density at radius 3 is 2.67 bits per heavy atom. The summed E-state index contributed by atoms with van der Waals surface area (Å²) in [5, 5.41) is 3.56. The van der Waals surface area contributed by atoms with Crippen LogP contribution in [-0.2, 0) is 0 Å². The van der Waals surface area contributed by atoms with Gasteiger partial charge in [0.1, 0.15) is 5.82 Å². The maximum Gasteiger partial charge on any atom is 0.172 e. The highest BCUT2D eigenvalue weighted by Gasteiger charge is 2.39. The lowest BCUT2D eigenvalue weighted by Crippen LogP contribution is -2.42. The van der Waals surface area contributed by atoms with E-state index in [4.69, 9.17) is 11.6 Å². The number of carbonyl (C=O) groups excluding carboxylic acids is 1. The molecular weight excluding hydrogens is 253 g/mol. The fourth-order valence-corrected chi connectivity index (χ4v) is 2.76. The van der Waals surface area contributed by atoms with E-state index >= 15 is 0 Å². The van der Waals surface area contributed by atoms with Crippen LogP contribution in [0.4, 0.5) is 4.39 Å². The van der Waals surface area contributed by atoms with Crippen LogP contribution in [0.2, 0.25) is 5.02 Å². The van der Waals surface area contributed by atoms with Crippen LogP contribution >= 0.6 is 11.6 Å². The van der Waals surface area contributed by atoms with E-state index < -0.39 is 11.2 Å². The van der Waals surface area contributed by atoms with Gasteiger partial charge in [-0.2, -0.15) is 0 Å². The average molecular weight is 270 g/mol. The maximum absolute atomic E-state index is 13.8.